The van der Waals surface area contributed by atoms with Gasteiger partial charge in [0.15, 0.2) is 0 Å². The predicted molar refractivity (Wildman–Crippen MR) is 83.7 cm³/mol. The molecule has 0 amide bonds. The summed E-state index contributed by atoms with van der Waals surface area (Å²) in [6.45, 7) is 0. The number of hydrogen-bond acceptors (Lipinski definition) is 2. The van der Waals surface area contributed by atoms with Crippen LogP contribution in [0.15, 0.2) is 65.4 Å². The third kappa shape index (κ3) is 2.87. The third-order valence-electron chi connectivity index (χ3n) is 3.08. The molecule has 0 aliphatic heterocycles. The third-order valence-corrected chi connectivity index (χ3v) is 3.54. The zero-order valence-corrected chi connectivity index (χ0v) is 12.5. The van der Waals surface area contributed by atoms with Crippen LogP contribution in [0.5, 0.6) is 0 Å². The van der Waals surface area contributed by atoms with Crippen molar-refractivity contribution in [1.82, 2.24) is 9.78 Å². The lowest BCUT2D eigenvalue weighted by Gasteiger charge is -2.04. The van der Waals surface area contributed by atoms with Gasteiger partial charge in [-0.3, -0.25) is 0 Å². The highest BCUT2D eigenvalue weighted by Gasteiger charge is 2.09. The van der Waals surface area contributed by atoms with Gasteiger partial charge in [0.05, 0.1) is 17.4 Å². The summed E-state index contributed by atoms with van der Waals surface area (Å²) in [7, 11) is 0. The molecule has 0 saturated carbocycles. The van der Waals surface area contributed by atoms with Gasteiger partial charge < -0.3 is 5.11 Å². The minimum Gasteiger partial charge on any atom is -0.478 e. The average Bonchev–Trinajstić information content (AvgIpc) is 2.97. The van der Waals surface area contributed by atoms with E-state index < -0.39 is 5.97 Å². The van der Waals surface area contributed by atoms with Crippen molar-refractivity contribution in [2.45, 2.75) is 0 Å². The first kappa shape index (κ1) is 13.6. The van der Waals surface area contributed by atoms with Crippen LogP contribution in [0.3, 0.4) is 0 Å². The van der Waals surface area contributed by atoms with E-state index in [-0.39, 0.29) is 5.56 Å². The second kappa shape index (κ2) is 5.54. The Morgan fingerprint density at radius 3 is 2.57 bits per heavy atom. The summed E-state index contributed by atoms with van der Waals surface area (Å²) in [5.74, 6) is -0.965. The van der Waals surface area contributed by atoms with Crippen molar-refractivity contribution in [2.24, 2.45) is 0 Å². The summed E-state index contributed by atoms with van der Waals surface area (Å²) in [5.41, 5.74) is 2.96. The first-order valence-electron chi connectivity index (χ1n) is 6.28. The molecule has 0 fully saturated rings. The van der Waals surface area contributed by atoms with Crippen LogP contribution >= 0.6 is 15.9 Å². The van der Waals surface area contributed by atoms with E-state index >= 15 is 0 Å². The van der Waals surface area contributed by atoms with Gasteiger partial charge in [0.2, 0.25) is 0 Å². The highest BCUT2D eigenvalue weighted by molar-refractivity contribution is 9.10. The SMILES string of the molecule is O=C(O)c1cc(Br)cc(-n2cc(-c3ccccc3)cn2)c1. The Kier molecular flexibility index (Phi) is 3.58. The number of hydrogen-bond donors (Lipinski definition) is 1. The van der Waals surface area contributed by atoms with Crippen molar-refractivity contribution in [3.05, 3.63) is 71.0 Å². The van der Waals surface area contributed by atoms with E-state index in [0.717, 1.165) is 11.1 Å². The second-order valence-electron chi connectivity index (χ2n) is 4.54. The standard InChI is InChI=1S/C16H11BrN2O2/c17-14-6-12(16(20)21)7-15(8-14)19-10-13(9-18-19)11-4-2-1-3-5-11/h1-10H,(H,20,21). The molecule has 0 bridgehead atoms. The number of aromatic nitrogens is 2. The molecule has 0 aliphatic carbocycles. The van der Waals surface area contributed by atoms with Gasteiger partial charge in [0.1, 0.15) is 0 Å². The normalized spacial score (nSPS) is 10.5. The lowest BCUT2D eigenvalue weighted by molar-refractivity contribution is 0.0697. The smallest absolute Gasteiger partial charge is 0.335 e. The van der Waals surface area contributed by atoms with Crippen molar-refractivity contribution in [3.63, 3.8) is 0 Å². The molecule has 1 heterocycles. The molecule has 0 radical (unpaired) electrons. The van der Waals surface area contributed by atoms with E-state index in [1.54, 1.807) is 23.0 Å². The molecule has 104 valence electrons. The average molecular weight is 343 g/mol. The number of nitrogens with zero attached hydrogens (tertiary/aromatic N) is 2. The van der Waals surface area contributed by atoms with E-state index in [0.29, 0.717) is 10.2 Å². The van der Waals surface area contributed by atoms with Crippen LogP contribution in [0.2, 0.25) is 0 Å². The van der Waals surface area contributed by atoms with Crippen LogP contribution in [0.1, 0.15) is 10.4 Å². The van der Waals surface area contributed by atoms with Crippen LogP contribution < -0.4 is 0 Å². The van der Waals surface area contributed by atoms with Crippen LogP contribution in [0.25, 0.3) is 16.8 Å². The van der Waals surface area contributed by atoms with Gasteiger partial charge in [-0.15, -0.1) is 0 Å². The number of carboxylic acids is 1. The molecule has 0 atom stereocenters. The first-order valence-corrected chi connectivity index (χ1v) is 7.07. The van der Waals surface area contributed by atoms with E-state index in [4.69, 9.17) is 5.11 Å². The summed E-state index contributed by atoms with van der Waals surface area (Å²) in [5, 5.41) is 13.4. The van der Waals surface area contributed by atoms with Gasteiger partial charge in [-0.1, -0.05) is 46.3 Å². The molecule has 3 aromatic rings. The highest BCUT2D eigenvalue weighted by atomic mass is 79.9. The Labute approximate surface area is 129 Å². The Hall–Kier alpha value is -2.40. The van der Waals surface area contributed by atoms with Gasteiger partial charge in [-0.05, 0) is 23.8 Å². The molecule has 0 unspecified atom stereocenters. The Morgan fingerprint density at radius 2 is 1.86 bits per heavy atom. The summed E-state index contributed by atoms with van der Waals surface area (Å²) in [6, 6.07) is 14.9. The van der Waals surface area contributed by atoms with Gasteiger partial charge in [-0.25, -0.2) is 9.48 Å². The number of rotatable bonds is 3. The van der Waals surface area contributed by atoms with Crippen molar-refractivity contribution >= 4 is 21.9 Å². The number of carbonyl (C=O) groups is 1. The predicted octanol–water partition coefficient (Wildman–Crippen LogP) is 4.00. The summed E-state index contributed by atoms with van der Waals surface area (Å²) in [6.07, 6.45) is 3.64. The largest absolute Gasteiger partial charge is 0.478 e. The Bertz CT molecular complexity index is 797. The molecule has 1 N–H and O–H groups in total. The van der Waals surface area contributed by atoms with Gasteiger partial charge in [0, 0.05) is 16.2 Å². The number of carboxylic acid groups (broad SMARTS) is 1. The van der Waals surface area contributed by atoms with Gasteiger partial charge in [-0.2, -0.15) is 5.10 Å². The van der Waals surface area contributed by atoms with Crippen LogP contribution in [-0.4, -0.2) is 20.9 Å². The summed E-state index contributed by atoms with van der Waals surface area (Å²) in [4.78, 5) is 11.1. The van der Waals surface area contributed by atoms with Crippen LogP contribution in [-0.2, 0) is 0 Å². The minimum absolute atomic E-state index is 0.219. The van der Waals surface area contributed by atoms with E-state index in [9.17, 15) is 4.79 Å². The maximum atomic E-state index is 11.1. The van der Waals surface area contributed by atoms with Crippen molar-refractivity contribution in [1.29, 1.82) is 0 Å². The zero-order valence-electron chi connectivity index (χ0n) is 10.9. The van der Waals surface area contributed by atoms with Crippen LogP contribution in [0, 0.1) is 0 Å². The van der Waals surface area contributed by atoms with Gasteiger partial charge >= 0.3 is 5.97 Å². The lowest BCUT2D eigenvalue weighted by atomic mass is 10.1. The fraction of sp³-hybridized carbons (Fsp3) is 0. The molecule has 0 saturated heterocycles. The molecule has 0 aliphatic rings. The number of halogens is 1. The van der Waals surface area contributed by atoms with E-state index in [1.807, 2.05) is 42.6 Å². The summed E-state index contributed by atoms with van der Waals surface area (Å²) >= 11 is 3.33. The maximum Gasteiger partial charge on any atom is 0.335 e. The van der Waals surface area contributed by atoms with Gasteiger partial charge in [0.25, 0.3) is 0 Å². The Balaban J connectivity index is 2.02. The van der Waals surface area contributed by atoms with E-state index in [1.165, 1.54) is 0 Å². The molecule has 0 spiro atoms. The second-order valence-corrected chi connectivity index (χ2v) is 5.46. The fourth-order valence-electron chi connectivity index (χ4n) is 2.07. The molecule has 4 nitrogen and oxygen atoms in total. The number of aromatic carboxylic acids is 1. The monoisotopic (exact) mass is 342 g/mol. The van der Waals surface area contributed by atoms with Crippen molar-refractivity contribution in [3.8, 4) is 16.8 Å². The molecule has 1 aromatic heterocycles. The lowest BCUT2D eigenvalue weighted by Crippen LogP contribution is -2.00. The molecular weight excluding hydrogens is 332 g/mol. The van der Waals surface area contributed by atoms with Crippen molar-refractivity contribution < 1.29 is 9.90 Å². The first-order chi connectivity index (χ1) is 10.1. The Morgan fingerprint density at radius 1 is 1.10 bits per heavy atom. The highest BCUT2D eigenvalue weighted by Crippen LogP contribution is 2.22. The molecular formula is C16H11BrN2O2. The molecule has 21 heavy (non-hydrogen) atoms. The maximum absolute atomic E-state index is 11.1. The quantitative estimate of drug-likeness (QED) is 0.782. The van der Waals surface area contributed by atoms with Crippen LogP contribution in [0.4, 0.5) is 0 Å². The van der Waals surface area contributed by atoms with Crippen molar-refractivity contribution in [2.75, 3.05) is 0 Å². The minimum atomic E-state index is -0.965. The number of benzene rings is 2. The van der Waals surface area contributed by atoms with E-state index in [2.05, 4.69) is 21.0 Å². The fourth-order valence-corrected chi connectivity index (χ4v) is 2.55. The summed E-state index contributed by atoms with van der Waals surface area (Å²) < 4.78 is 2.37. The topological polar surface area (TPSA) is 55.1 Å². The molecule has 3 rings (SSSR count). The molecule has 2 aromatic carbocycles. The molecule has 5 heteroatoms. The zero-order chi connectivity index (χ0) is 14.8.